The Kier molecular flexibility index (Phi) is 7.33. The Hall–Kier alpha value is -2.68. The summed E-state index contributed by atoms with van der Waals surface area (Å²) in [5.74, 6) is -0.360. The van der Waals surface area contributed by atoms with Gasteiger partial charge < -0.3 is 24.3 Å². The Labute approximate surface area is 166 Å². The summed E-state index contributed by atoms with van der Waals surface area (Å²) in [6, 6.07) is 2.40. The van der Waals surface area contributed by atoms with Crippen LogP contribution in [0.1, 0.15) is 17.5 Å². The molecule has 2 N–H and O–H groups in total. The first-order chi connectivity index (χ1) is 13.3. The van der Waals surface area contributed by atoms with Gasteiger partial charge in [0, 0.05) is 5.39 Å². The highest BCUT2D eigenvalue weighted by Crippen LogP contribution is 2.36. The number of thioether (sulfide) groups is 1. The molecule has 0 fully saturated rings. The number of carboxylic acids is 1. The van der Waals surface area contributed by atoms with Gasteiger partial charge in [0.05, 0.1) is 26.2 Å². The molecular weight excluding hydrogens is 386 g/mol. The van der Waals surface area contributed by atoms with E-state index in [2.05, 4.69) is 5.32 Å². The molecule has 0 spiro atoms. The second-order valence-corrected chi connectivity index (χ2v) is 7.07. The molecule has 1 unspecified atom stereocenters. The molecule has 9 heteroatoms. The standard InChI is InChI=1S/C19H23NO7S/c1-10-11-5-6-14(25-2)17(26-3)16(11)27-19(24)12(10)9-15(21)20-13(18(22)23)7-8-28-4/h5-6,13H,7-9H2,1-4H3,(H,20,21)(H,22,23). The van der Waals surface area contributed by atoms with Gasteiger partial charge in [-0.3, -0.25) is 4.79 Å². The third kappa shape index (κ3) is 4.59. The highest BCUT2D eigenvalue weighted by Gasteiger charge is 2.23. The van der Waals surface area contributed by atoms with Crippen LogP contribution in [0.4, 0.5) is 0 Å². The van der Waals surface area contributed by atoms with Crippen molar-refractivity contribution >= 4 is 34.6 Å². The normalized spacial score (nSPS) is 11.9. The molecule has 152 valence electrons. The van der Waals surface area contributed by atoms with Gasteiger partial charge in [0.2, 0.25) is 11.7 Å². The fraction of sp³-hybridized carbons (Fsp3) is 0.421. The molecule has 1 aromatic heterocycles. The fourth-order valence-electron chi connectivity index (χ4n) is 2.87. The van der Waals surface area contributed by atoms with Crippen molar-refractivity contribution in [2.75, 3.05) is 26.2 Å². The molecule has 2 rings (SSSR count). The number of amides is 1. The maximum atomic E-state index is 12.5. The molecule has 0 aliphatic rings. The molecule has 2 aromatic rings. The van der Waals surface area contributed by atoms with Crippen LogP contribution in [0.2, 0.25) is 0 Å². The van der Waals surface area contributed by atoms with E-state index in [9.17, 15) is 19.5 Å². The minimum atomic E-state index is -1.11. The number of benzene rings is 1. The zero-order chi connectivity index (χ0) is 20.8. The van der Waals surface area contributed by atoms with Gasteiger partial charge in [-0.15, -0.1) is 0 Å². The number of nitrogens with one attached hydrogen (secondary N) is 1. The van der Waals surface area contributed by atoms with E-state index in [1.807, 2.05) is 6.26 Å². The van der Waals surface area contributed by atoms with E-state index in [1.54, 1.807) is 19.1 Å². The third-order valence-corrected chi connectivity index (χ3v) is 5.02. The van der Waals surface area contributed by atoms with Crippen LogP contribution >= 0.6 is 11.8 Å². The number of rotatable bonds is 9. The zero-order valence-corrected chi connectivity index (χ0v) is 17.0. The number of carbonyl (C=O) groups excluding carboxylic acids is 1. The average Bonchev–Trinajstić information content (AvgIpc) is 2.67. The van der Waals surface area contributed by atoms with E-state index < -0.39 is 23.5 Å². The summed E-state index contributed by atoms with van der Waals surface area (Å²) in [6.07, 6.45) is 1.87. The molecule has 0 aliphatic carbocycles. The van der Waals surface area contributed by atoms with Crippen molar-refractivity contribution in [3.8, 4) is 11.5 Å². The SMILES string of the molecule is COc1ccc2c(C)c(CC(=O)NC(CCSC)C(=O)O)c(=O)oc2c1OC. The molecule has 1 amide bonds. The van der Waals surface area contributed by atoms with Gasteiger partial charge in [0.25, 0.3) is 0 Å². The molecule has 28 heavy (non-hydrogen) atoms. The van der Waals surface area contributed by atoms with Gasteiger partial charge in [0.15, 0.2) is 11.3 Å². The monoisotopic (exact) mass is 409 g/mol. The summed E-state index contributed by atoms with van der Waals surface area (Å²) in [4.78, 5) is 36.1. The molecule has 0 bridgehead atoms. The number of carbonyl (C=O) groups is 2. The number of aryl methyl sites for hydroxylation is 1. The lowest BCUT2D eigenvalue weighted by atomic mass is 10.0. The molecule has 1 aromatic carbocycles. The summed E-state index contributed by atoms with van der Waals surface area (Å²) >= 11 is 1.49. The van der Waals surface area contributed by atoms with Crippen molar-refractivity contribution in [3.05, 3.63) is 33.7 Å². The van der Waals surface area contributed by atoms with Crippen LogP contribution in [-0.2, 0) is 16.0 Å². The lowest BCUT2D eigenvalue weighted by Crippen LogP contribution is -2.42. The highest BCUT2D eigenvalue weighted by atomic mass is 32.2. The van der Waals surface area contributed by atoms with Gasteiger partial charge in [-0.1, -0.05) is 0 Å². The Balaban J connectivity index is 2.36. The zero-order valence-electron chi connectivity index (χ0n) is 16.2. The Morgan fingerprint density at radius 1 is 1.29 bits per heavy atom. The maximum absolute atomic E-state index is 12.5. The topological polar surface area (TPSA) is 115 Å². The molecule has 0 aliphatic heterocycles. The third-order valence-electron chi connectivity index (χ3n) is 4.38. The van der Waals surface area contributed by atoms with Crippen LogP contribution in [0, 0.1) is 6.92 Å². The summed E-state index contributed by atoms with van der Waals surface area (Å²) < 4.78 is 15.9. The highest BCUT2D eigenvalue weighted by molar-refractivity contribution is 7.98. The number of ether oxygens (including phenoxy) is 2. The summed E-state index contributed by atoms with van der Waals surface area (Å²) in [7, 11) is 2.91. The molecule has 0 saturated carbocycles. The van der Waals surface area contributed by atoms with E-state index in [1.165, 1.54) is 26.0 Å². The second kappa shape index (κ2) is 9.50. The first kappa shape index (κ1) is 21.6. The Morgan fingerprint density at radius 2 is 2.00 bits per heavy atom. The number of fused-ring (bicyclic) bond motifs is 1. The molecule has 1 atom stereocenters. The van der Waals surface area contributed by atoms with Crippen molar-refractivity contribution in [3.63, 3.8) is 0 Å². The van der Waals surface area contributed by atoms with Gasteiger partial charge in [0.1, 0.15) is 6.04 Å². The van der Waals surface area contributed by atoms with E-state index in [0.29, 0.717) is 34.6 Å². The summed E-state index contributed by atoms with van der Waals surface area (Å²) in [5, 5.41) is 12.3. The summed E-state index contributed by atoms with van der Waals surface area (Å²) in [6.45, 7) is 1.70. The molecule has 1 heterocycles. The average molecular weight is 409 g/mol. The van der Waals surface area contributed by atoms with Crippen LogP contribution in [0.25, 0.3) is 11.0 Å². The van der Waals surface area contributed by atoms with Crippen LogP contribution in [-0.4, -0.2) is 49.3 Å². The Morgan fingerprint density at radius 3 is 2.57 bits per heavy atom. The molecule has 8 nitrogen and oxygen atoms in total. The smallest absolute Gasteiger partial charge is 0.340 e. The number of hydrogen-bond acceptors (Lipinski definition) is 7. The van der Waals surface area contributed by atoms with Gasteiger partial charge >= 0.3 is 11.6 Å². The number of aliphatic carboxylic acids is 1. The van der Waals surface area contributed by atoms with Crippen LogP contribution in [0.3, 0.4) is 0 Å². The molecular formula is C19H23NO7S. The number of methoxy groups -OCH3 is 2. The first-order valence-corrected chi connectivity index (χ1v) is 9.91. The number of hydrogen-bond donors (Lipinski definition) is 2. The van der Waals surface area contributed by atoms with E-state index in [4.69, 9.17) is 13.9 Å². The van der Waals surface area contributed by atoms with Crippen molar-refractivity contribution in [2.45, 2.75) is 25.8 Å². The predicted molar refractivity (Wildman–Crippen MR) is 107 cm³/mol. The summed E-state index contributed by atoms with van der Waals surface area (Å²) in [5.41, 5.74) is 0.296. The first-order valence-electron chi connectivity index (χ1n) is 8.52. The van der Waals surface area contributed by atoms with Crippen LogP contribution < -0.4 is 20.4 Å². The molecule has 0 saturated heterocycles. The maximum Gasteiger partial charge on any atom is 0.340 e. The van der Waals surface area contributed by atoms with Gasteiger partial charge in [-0.25, -0.2) is 9.59 Å². The quantitative estimate of drug-likeness (QED) is 0.604. The van der Waals surface area contributed by atoms with E-state index >= 15 is 0 Å². The van der Waals surface area contributed by atoms with Crippen molar-refractivity contribution in [1.29, 1.82) is 0 Å². The predicted octanol–water partition coefficient (Wildman–Crippen LogP) is 1.98. The van der Waals surface area contributed by atoms with Gasteiger partial charge in [-0.05, 0) is 43.0 Å². The molecule has 0 radical (unpaired) electrons. The fourth-order valence-corrected chi connectivity index (χ4v) is 3.34. The van der Waals surface area contributed by atoms with Crippen LogP contribution in [0.15, 0.2) is 21.3 Å². The van der Waals surface area contributed by atoms with Crippen molar-refractivity contribution in [1.82, 2.24) is 5.32 Å². The van der Waals surface area contributed by atoms with Crippen LogP contribution in [0.5, 0.6) is 11.5 Å². The second-order valence-electron chi connectivity index (χ2n) is 6.09. The lowest BCUT2D eigenvalue weighted by molar-refractivity contribution is -0.141. The van der Waals surface area contributed by atoms with E-state index in [0.717, 1.165) is 0 Å². The Bertz CT molecular complexity index is 938. The largest absolute Gasteiger partial charge is 0.493 e. The minimum absolute atomic E-state index is 0.172. The van der Waals surface area contributed by atoms with Crippen molar-refractivity contribution < 1.29 is 28.6 Å². The van der Waals surface area contributed by atoms with Gasteiger partial charge in [-0.2, -0.15) is 11.8 Å². The van der Waals surface area contributed by atoms with E-state index in [-0.39, 0.29) is 17.6 Å². The number of carboxylic acid groups (broad SMARTS) is 1. The van der Waals surface area contributed by atoms with Crippen molar-refractivity contribution in [2.24, 2.45) is 0 Å². The lowest BCUT2D eigenvalue weighted by Gasteiger charge is -2.15. The minimum Gasteiger partial charge on any atom is -0.493 e.